The van der Waals surface area contributed by atoms with Gasteiger partial charge in [-0.15, -0.1) is 0 Å². The Labute approximate surface area is 115 Å². The summed E-state index contributed by atoms with van der Waals surface area (Å²) in [4.78, 5) is 13.1. The summed E-state index contributed by atoms with van der Waals surface area (Å²) < 4.78 is 1.64. The van der Waals surface area contributed by atoms with Crippen molar-refractivity contribution >= 4 is 11.9 Å². The van der Waals surface area contributed by atoms with Crippen LogP contribution in [-0.2, 0) is 4.79 Å². The van der Waals surface area contributed by atoms with E-state index in [1.165, 1.54) is 0 Å². The number of nitrogens with zero attached hydrogens (tertiary/aromatic N) is 5. The van der Waals surface area contributed by atoms with Gasteiger partial charge in [0, 0.05) is 13.1 Å². The molecule has 7 heteroatoms. The fourth-order valence-corrected chi connectivity index (χ4v) is 2.57. The highest BCUT2D eigenvalue weighted by molar-refractivity contribution is 5.72. The van der Waals surface area contributed by atoms with Crippen molar-refractivity contribution in [2.45, 2.75) is 6.92 Å². The number of hydrogen-bond acceptors (Lipinski definition) is 5. The van der Waals surface area contributed by atoms with Gasteiger partial charge in [0.1, 0.15) is 0 Å². The Morgan fingerprint density at radius 2 is 2.05 bits per heavy atom. The van der Waals surface area contributed by atoms with Crippen LogP contribution in [0.1, 0.15) is 6.92 Å². The van der Waals surface area contributed by atoms with Crippen LogP contribution in [-0.4, -0.2) is 44.4 Å². The summed E-state index contributed by atoms with van der Waals surface area (Å²) in [7, 11) is 0. The average molecular weight is 273 g/mol. The maximum Gasteiger partial charge on any atom is 0.308 e. The van der Waals surface area contributed by atoms with Gasteiger partial charge in [0.2, 0.25) is 5.95 Å². The molecule has 104 valence electrons. The van der Waals surface area contributed by atoms with Gasteiger partial charge >= 0.3 is 5.97 Å². The van der Waals surface area contributed by atoms with Crippen molar-refractivity contribution in [3.05, 3.63) is 30.3 Å². The first-order valence-electron chi connectivity index (χ1n) is 6.48. The van der Waals surface area contributed by atoms with Gasteiger partial charge in [0.05, 0.1) is 11.6 Å². The van der Waals surface area contributed by atoms with Crippen molar-refractivity contribution in [3.8, 4) is 5.69 Å². The molecule has 1 saturated heterocycles. The van der Waals surface area contributed by atoms with Crippen LogP contribution in [0.15, 0.2) is 30.3 Å². The van der Waals surface area contributed by atoms with Gasteiger partial charge in [-0.3, -0.25) is 4.79 Å². The third-order valence-electron chi connectivity index (χ3n) is 3.67. The highest BCUT2D eigenvalue weighted by Gasteiger charge is 2.36. The Morgan fingerprint density at radius 3 is 2.70 bits per heavy atom. The van der Waals surface area contributed by atoms with Crippen LogP contribution in [0.4, 0.5) is 5.95 Å². The predicted molar refractivity (Wildman–Crippen MR) is 71.7 cm³/mol. The highest BCUT2D eigenvalue weighted by Crippen LogP contribution is 2.27. The molecule has 0 amide bonds. The smallest absolute Gasteiger partial charge is 0.308 e. The number of rotatable bonds is 3. The van der Waals surface area contributed by atoms with E-state index in [-0.39, 0.29) is 11.8 Å². The lowest BCUT2D eigenvalue weighted by Crippen LogP contribution is -2.25. The summed E-state index contributed by atoms with van der Waals surface area (Å²) >= 11 is 0. The topological polar surface area (TPSA) is 84.1 Å². The van der Waals surface area contributed by atoms with Crippen molar-refractivity contribution in [2.24, 2.45) is 11.8 Å². The first-order chi connectivity index (χ1) is 9.66. The van der Waals surface area contributed by atoms with Crippen molar-refractivity contribution < 1.29 is 9.90 Å². The molecule has 1 aromatic heterocycles. The minimum absolute atomic E-state index is 0.0772. The number of tetrazole rings is 1. The maximum atomic E-state index is 11.2. The number of carbonyl (C=O) groups is 1. The van der Waals surface area contributed by atoms with E-state index < -0.39 is 5.97 Å². The first kappa shape index (κ1) is 12.6. The number of carboxylic acid groups (broad SMARTS) is 1. The van der Waals surface area contributed by atoms with Gasteiger partial charge in [-0.25, -0.2) is 0 Å². The fourth-order valence-electron chi connectivity index (χ4n) is 2.57. The van der Waals surface area contributed by atoms with Crippen LogP contribution in [0.25, 0.3) is 5.69 Å². The molecule has 0 aliphatic carbocycles. The van der Waals surface area contributed by atoms with E-state index in [1.807, 2.05) is 42.2 Å². The summed E-state index contributed by atoms with van der Waals surface area (Å²) in [6, 6.07) is 9.56. The molecule has 0 radical (unpaired) electrons. The number of aliphatic carboxylic acids is 1. The van der Waals surface area contributed by atoms with Crippen molar-refractivity contribution in [2.75, 3.05) is 18.0 Å². The Bertz CT molecular complexity index is 612. The second-order valence-corrected chi connectivity index (χ2v) is 5.05. The van der Waals surface area contributed by atoms with Gasteiger partial charge in [-0.05, 0) is 28.5 Å². The SMILES string of the molecule is CC1CN(c2nnnn2-c2ccccc2)CC1C(=O)O. The molecule has 3 rings (SSSR count). The van der Waals surface area contributed by atoms with Crippen LogP contribution in [0.2, 0.25) is 0 Å². The van der Waals surface area contributed by atoms with E-state index in [9.17, 15) is 9.90 Å². The predicted octanol–water partition coefficient (Wildman–Crippen LogP) is 0.819. The molecule has 2 heterocycles. The lowest BCUT2D eigenvalue weighted by Gasteiger charge is -2.16. The fraction of sp³-hybridized carbons (Fsp3) is 0.385. The van der Waals surface area contributed by atoms with Crippen LogP contribution < -0.4 is 4.90 Å². The Hall–Kier alpha value is -2.44. The van der Waals surface area contributed by atoms with Crippen molar-refractivity contribution in [1.29, 1.82) is 0 Å². The number of aromatic nitrogens is 4. The van der Waals surface area contributed by atoms with Gasteiger partial charge in [0.25, 0.3) is 0 Å². The van der Waals surface area contributed by atoms with Gasteiger partial charge in [0.15, 0.2) is 0 Å². The molecule has 1 N–H and O–H groups in total. The van der Waals surface area contributed by atoms with Crippen molar-refractivity contribution in [3.63, 3.8) is 0 Å². The molecule has 1 aliphatic heterocycles. The molecular formula is C13H15N5O2. The number of benzene rings is 1. The first-order valence-corrected chi connectivity index (χ1v) is 6.48. The molecule has 1 aromatic carbocycles. The van der Waals surface area contributed by atoms with Crippen LogP contribution in [0, 0.1) is 11.8 Å². The molecular weight excluding hydrogens is 258 g/mol. The van der Waals surface area contributed by atoms with Crippen LogP contribution >= 0.6 is 0 Å². The van der Waals surface area contributed by atoms with E-state index in [0.717, 1.165) is 5.69 Å². The number of anilines is 1. The third kappa shape index (κ3) is 2.11. The Morgan fingerprint density at radius 1 is 1.30 bits per heavy atom. The summed E-state index contributed by atoms with van der Waals surface area (Å²) in [5.41, 5.74) is 0.860. The summed E-state index contributed by atoms with van der Waals surface area (Å²) in [6.45, 7) is 3.02. The Kier molecular flexibility index (Phi) is 3.09. The molecule has 1 aliphatic rings. The molecule has 2 unspecified atom stereocenters. The average Bonchev–Trinajstić information content (AvgIpc) is 3.05. The standard InChI is InChI=1S/C13H15N5O2/c1-9-7-17(8-11(9)12(19)20)13-14-15-16-18(13)10-5-3-2-4-6-10/h2-6,9,11H,7-8H2,1H3,(H,19,20). The molecule has 0 saturated carbocycles. The zero-order valence-corrected chi connectivity index (χ0v) is 11.0. The van der Waals surface area contributed by atoms with Gasteiger partial charge in [-0.1, -0.05) is 30.2 Å². The lowest BCUT2D eigenvalue weighted by atomic mass is 9.99. The highest BCUT2D eigenvalue weighted by atomic mass is 16.4. The largest absolute Gasteiger partial charge is 0.481 e. The number of carboxylic acids is 1. The quantitative estimate of drug-likeness (QED) is 0.891. The van der Waals surface area contributed by atoms with Crippen molar-refractivity contribution in [1.82, 2.24) is 20.2 Å². The summed E-state index contributed by atoms with van der Waals surface area (Å²) in [5.74, 6) is -0.477. The number of para-hydroxylation sites is 1. The Balaban J connectivity index is 1.90. The molecule has 20 heavy (non-hydrogen) atoms. The summed E-state index contributed by atoms with van der Waals surface area (Å²) in [5, 5.41) is 20.9. The van der Waals surface area contributed by atoms with Crippen LogP contribution in [0.5, 0.6) is 0 Å². The van der Waals surface area contributed by atoms with E-state index in [2.05, 4.69) is 15.5 Å². The lowest BCUT2D eigenvalue weighted by molar-refractivity contribution is -0.142. The normalized spacial score (nSPS) is 22.1. The molecule has 0 bridgehead atoms. The van der Waals surface area contributed by atoms with E-state index in [0.29, 0.717) is 19.0 Å². The molecule has 2 atom stereocenters. The minimum Gasteiger partial charge on any atom is -0.481 e. The molecule has 7 nitrogen and oxygen atoms in total. The minimum atomic E-state index is -0.765. The second kappa shape index (κ2) is 4.92. The zero-order chi connectivity index (χ0) is 14.1. The molecule has 1 fully saturated rings. The zero-order valence-electron chi connectivity index (χ0n) is 11.0. The third-order valence-corrected chi connectivity index (χ3v) is 3.67. The van der Waals surface area contributed by atoms with Gasteiger partial charge < -0.3 is 10.0 Å². The maximum absolute atomic E-state index is 11.2. The monoisotopic (exact) mass is 273 g/mol. The number of hydrogen-bond donors (Lipinski definition) is 1. The molecule has 0 spiro atoms. The van der Waals surface area contributed by atoms with E-state index in [1.54, 1.807) is 4.68 Å². The second-order valence-electron chi connectivity index (χ2n) is 5.05. The van der Waals surface area contributed by atoms with Crippen LogP contribution in [0.3, 0.4) is 0 Å². The van der Waals surface area contributed by atoms with Gasteiger partial charge in [-0.2, -0.15) is 4.68 Å². The van der Waals surface area contributed by atoms with E-state index >= 15 is 0 Å². The summed E-state index contributed by atoms with van der Waals surface area (Å²) in [6.07, 6.45) is 0. The molecule has 2 aromatic rings. The van der Waals surface area contributed by atoms with E-state index in [4.69, 9.17) is 0 Å².